The van der Waals surface area contributed by atoms with Crippen molar-refractivity contribution >= 4 is 0 Å². The summed E-state index contributed by atoms with van der Waals surface area (Å²) in [5.74, 6) is 0.201. The average Bonchev–Trinajstić information content (AvgIpc) is 3.65. The number of aromatic nitrogens is 6. The van der Waals surface area contributed by atoms with Crippen molar-refractivity contribution in [3.63, 3.8) is 0 Å². The smallest absolute Gasteiger partial charge is 0.388 e. The van der Waals surface area contributed by atoms with E-state index in [-0.39, 0.29) is 41.7 Å². The Balaban J connectivity index is 1.52. The van der Waals surface area contributed by atoms with Gasteiger partial charge in [-0.3, -0.25) is 4.68 Å². The summed E-state index contributed by atoms with van der Waals surface area (Å²) in [7, 11) is 5.40. The van der Waals surface area contributed by atoms with E-state index in [1.807, 2.05) is 60.1 Å². The third-order valence-electron chi connectivity index (χ3n) is 7.28. The molecule has 0 amide bonds. The van der Waals surface area contributed by atoms with Crippen molar-refractivity contribution in [1.29, 1.82) is 0 Å². The van der Waals surface area contributed by atoms with Gasteiger partial charge < -0.3 is 23.7 Å². The Bertz CT molecular complexity index is 1700. The lowest BCUT2D eigenvalue weighted by molar-refractivity contribution is -0.0527. The number of nitrogens with zero attached hydrogens (tertiary/aromatic N) is 7. The van der Waals surface area contributed by atoms with Gasteiger partial charge in [0.15, 0.2) is 0 Å². The normalized spacial score (nSPS) is 15.0. The first-order valence-electron chi connectivity index (χ1n) is 14.0. The van der Waals surface area contributed by atoms with Crippen molar-refractivity contribution in [2.45, 2.75) is 32.2 Å². The van der Waals surface area contributed by atoms with Crippen LogP contribution in [0, 0.1) is 0 Å². The first-order valence-corrected chi connectivity index (χ1v) is 14.0. The third-order valence-corrected chi connectivity index (χ3v) is 7.28. The van der Waals surface area contributed by atoms with Crippen LogP contribution in [0.4, 0.5) is 17.6 Å². The van der Waals surface area contributed by atoms with E-state index < -0.39 is 24.8 Å². The fourth-order valence-corrected chi connectivity index (χ4v) is 5.35. The van der Waals surface area contributed by atoms with Gasteiger partial charge in [-0.05, 0) is 31.8 Å². The van der Waals surface area contributed by atoms with Gasteiger partial charge in [-0.2, -0.15) is 13.9 Å². The standard InChI is InChI=1S/C30H31F4N7O3/c1-38(2)12-13-42-19-15-41-29(43-17-19)23(25(36-41)26(31)32)24-22(21-16-39(3)37-28(21)44-30(33)34)20-10-7-11-40(27(20)35-24)14-18-8-5-4-6-9-18/h4-11,16,19,26,30H,12-15,17H2,1-3H3/t19-/m0/s1. The number of pyridine rings is 1. The van der Waals surface area contributed by atoms with Crippen LogP contribution in [-0.2, 0) is 24.9 Å². The molecule has 3 aromatic rings. The summed E-state index contributed by atoms with van der Waals surface area (Å²) in [6.07, 6.45) is -0.0536. The fraction of sp³-hybridized carbons (Fsp3) is 0.367. The molecular formula is C30H31F4N7O3. The maximum absolute atomic E-state index is 14.7. The highest BCUT2D eigenvalue weighted by Gasteiger charge is 2.37. The van der Waals surface area contributed by atoms with E-state index in [1.54, 1.807) is 19.2 Å². The molecule has 0 bridgehead atoms. The van der Waals surface area contributed by atoms with Crippen molar-refractivity contribution in [3.8, 4) is 45.5 Å². The van der Waals surface area contributed by atoms with E-state index in [9.17, 15) is 17.6 Å². The molecule has 6 rings (SSSR count). The van der Waals surface area contributed by atoms with Gasteiger partial charge in [0.05, 0.1) is 30.0 Å². The lowest BCUT2D eigenvalue weighted by Gasteiger charge is -2.25. The molecule has 1 atom stereocenters. The van der Waals surface area contributed by atoms with Crippen LogP contribution in [0.2, 0.25) is 0 Å². The zero-order chi connectivity index (χ0) is 31.0. The Kier molecular flexibility index (Phi) is 8.27. The highest BCUT2D eigenvalue weighted by molar-refractivity contribution is 5.97. The first-order chi connectivity index (χ1) is 21.2. The largest absolute Gasteiger partial charge is 0.474 e. The molecule has 14 heteroatoms. The number of ether oxygens (including phenoxy) is 3. The Morgan fingerprint density at radius 3 is 2.55 bits per heavy atom. The molecule has 0 saturated heterocycles. The summed E-state index contributed by atoms with van der Waals surface area (Å²) in [4.78, 5) is 6.85. The molecule has 0 radical (unpaired) electrons. The summed E-state index contributed by atoms with van der Waals surface area (Å²) in [6, 6.07) is 13.2. The molecule has 3 aliphatic heterocycles. The van der Waals surface area contributed by atoms with Gasteiger partial charge in [0.2, 0.25) is 11.8 Å². The molecule has 2 aromatic heterocycles. The molecule has 10 nitrogen and oxygen atoms in total. The SMILES string of the molecule is CN(C)CCO[C@@H]1COc2c(-c3nc4n(Cc5ccccc5)cccc-4c3-c3cn(C)nc3OC(F)F)c(C(F)F)nn2C1. The molecule has 3 aliphatic rings. The number of hydrogen-bond donors (Lipinski definition) is 0. The maximum Gasteiger partial charge on any atom is 0.388 e. The summed E-state index contributed by atoms with van der Waals surface area (Å²) < 4.78 is 77.5. The zero-order valence-electron chi connectivity index (χ0n) is 24.3. The summed E-state index contributed by atoms with van der Waals surface area (Å²) in [5.41, 5.74) is 1.54. The molecule has 0 N–H and O–H groups in total. The van der Waals surface area contributed by atoms with Crippen LogP contribution < -0.4 is 9.47 Å². The van der Waals surface area contributed by atoms with E-state index in [1.165, 1.54) is 15.6 Å². The molecule has 232 valence electrons. The minimum atomic E-state index is -3.16. The van der Waals surface area contributed by atoms with Crippen molar-refractivity contribution in [3.05, 3.63) is 66.1 Å². The van der Waals surface area contributed by atoms with Crippen LogP contribution in [0.15, 0.2) is 54.9 Å². The Labute approximate surface area is 250 Å². The molecule has 44 heavy (non-hydrogen) atoms. The highest BCUT2D eigenvalue weighted by Crippen LogP contribution is 2.49. The average molecular weight is 614 g/mol. The zero-order valence-corrected chi connectivity index (χ0v) is 24.3. The van der Waals surface area contributed by atoms with Gasteiger partial charge in [-0.1, -0.05) is 30.3 Å². The summed E-state index contributed by atoms with van der Waals surface area (Å²) in [5, 5.41) is 8.31. The number of fused-ring (bicyclic) bond motifs is 2. The van der Waals surface area contributed by atoms with Crippen LogP contribution in [0.5, 0.6) is 11.8 Å². The van der Waals surface area contributed by atoms with E-state index >= 15 is 0 Å². The second-order valence-electron chi connectivity index (χ2n) is 10.7. The molecular weight excluding hydrogens is 582 g/mol. The van der Waals surface area contributed by atoms with Gasteiger partial charge >= 0.3 is 6.61 Å². The predicted molar refractivity (Wildman–Crippen MR) is 153 cm³/mol. The van der Waals surface area contributed by atoms with Crippen LogP contribution in [0.1, 0.15) is 17.7 Å². The molecule has 0 saturated carbocycles. The quantitative estimate of drug-likeness (QED) is 0.190. The van der Waals surface area contributed by atoms with E-state index in [0.29, 0.717) is 36.6 Å². The Morgan fingerprint density at radius 2 is 1.82 bits per heavy atom. The van der Waals surface area contributed by atoms with Gasteiger partial charge in [0.1, 0.15) is 24.2 Å². The molecule has 0 spiro atoms. The highest BCUT2D eigenvalue weighted by atomic mass is 19.3. The van der Waals surface area contributed by atoms with Crippen molar-refractivity contribution in [2.24, 2.45) is 7.05 Å². The number of benzene rings is 1. The van der Waals surface area contributed by atoms with Crippen LogP contribution in [0.3, 0.4) is 0 Å². The van der Waals surface area contributed by atoms with Gasteiger partial charge in [-0.25, -0.2) is 18.4 Å². The molecule has 1 aromatic carbocycles. The summed E-state index contributed by atoms with van der Waals surface area (Å²) >= 11 is 0. The number of aryl methyl sites for hydroxylation is 1. The maximum atomic E-state index is 14.7. The minimum Gasteiger partial charge on any atom is -0.474 e. The van der Waals surface area contributed by atoms with Gasteiger partial charge in [0.25, 0.3) is 6.43 Å². The third kappa shape index (κ3) is 5.86. The number of hydrogen-bond acceptors (Lipinski definition) is 7. The number of rotatable bonds is 11. The fourth-order valence-electron chi connectivity index (χ4n) is 5.35. The lowest BCUT2D eigenvalue weighted by atomic mass is 9.98. The second-order valence-corrected chi connectivity index (χ2v) is 10.7. The topological polar surface area (TPSA) is 84.4 Å². The molecule has 5 heterocycles. The summed E-state index contributed by atoms with van der Waals surface area (Å²) in [6.45, 7) is -1.30. The number of alkyl halides is 4. The van der Waals surface area contributed by atoms with E-state index in [2.05, 4.69) is 10.2 Å². The van der Waals surface area contributed by atoms with Gasteiger partial charge in [0, 0.05) is 43.7 Å². The van der Waals surface area contributed by atoms with E-state index in [0.717, 1.165) is 5.56 Å². The van der Waals surface area contributed by atoms with Gasteiger partial charge in [-0.15, -0.1) is 5.10 Å². The van der Waals surface area contributed by atoms with Crippen LogP contribution in [-0.4, -0.2) is 80.6 Å². The predicted octanol–water partition coefficient (Wildman–Crippen LogP) is 5.18. The van der Waals surface area contributed by atoms with Crippen LogP contribution in [0.25, 0.3) is 33.8 Å². The van der Waals surface area contributed by atoms with E-state index in [4.69, 9.17) is 19.2 Å². The molecule has 0 aliphatic carbocycles. The monoisotopic (exact) mass is 613 g/mol. The number of likely N-dealkylation sites (N-methyl/N-ethyl adjacent to an activating group) is 1. The minimum absolute atomic E-state index is 0.0175. The first kappa shape index (κ1) is 29.6. The van der Waals surface area contributed by atoms with Crippen molar-refractivity contribution in [2.75, 3.05) is 33.9 Å². The molecule has 0 fully saturated rings. The second kappa shape index (κ2) is 12.3. The van der Waals surface area contributed by atoms with Crippen molar-refractivity contribution in [1.82, 2.24) is 34.0 Å². The molecule has 0 unspecified atom stereocenters. The Hall–Kier alpha value is -4.43. The van der Waals surface area contributed by atoms with Crippen LogP contribution >= 0.6 is 0 Å². The van der Waals surface area contributed by atoms with Crippen molar-refractivity contribution < 1.29 is 31.8 Å². The number of halogens is 4. The lowest BCUT2D eigenvalue weighted by Crippen LogP contribution is -2.34. The Morgan fingerprint density at radius 1 is 1.02 bits per heavy atom.